The van der Waals surface area contributed by atoms with Crippen molar-refractivity contribution < 1.29 is 19.2 Å². The molecule has 0 radical (unpaired) electrons. The van der Waals surface area contributed by atoms with Crippen molar-refractivity contribution >= 4 is 0 Å². The van der Waals surface area contributed by atoms with Gasteiger partial charge in [0.25, 0.3) is 0 Å². The molecule has 4 nitrogen and oxygen atoms in total. The molecule has 2 aromatic carbocycles. The van der Waals surface area contributed by atoms with E-state index >= 15 is 0 Å². The highest BCUT2D eigenvalue weighted by Gasteiger charge is 2.43. The Labute approximate surface area is 148 Å². The quantitative estimate of drug-likeness (QED) is 0.717. The Bertz CT molecular complexity index is 667. The van der Waals surface area contributed by atoms with Gasteiger partial charge in [-0.05, 0) is 42.7 Å². The van der Waals surface area contributed by atoms with Crippen molar-refractivity contribution in [2.24, 2.45) is 0 Å². The van der Waals surface area contributed by atoms with Crippen molar-refractivity contribution in [2.45, 2.75) is 50.4 Å². The fourth-order valence-corrected chi connectivity index (χ4v) is 3.48. The highest BCUT2D eigenvalue weighted by atomic mass is 17.2. The van der Waals surface area contributed by atoms with Crippen LogP contribution in [-0.2, 0) is 14.5 Å². The summed E-state index contributed by atoms with van der Waals surface area (Å²) in [5.41, 5.74) is 1.18. The molecule has 0 bridgehead atoms. The van der Waals surface area contributed by atoms with Gasteiger partial charge in [-0.1, -0.05) is 37.3 Å². The molecule has 2 atom stereocenters. The molecule has 1 heterocycles. The van der Waals surface area contributed by atoms with E-state index in [0.29, 0.717) is 6.61 Å². The zero-order chi connectivity index (χ0) is 17.1. The lowest BCUT2D eigenvalue weighted by atomic mass is 9.95. The van der Waals surface area contributed by atoms with Crippen molar-refractivity contribution in [1.29, 1.82) is 0 Å². The first-order chi connectivity index (χ1) is 12.2. The molecule has 2 aromatic rings. The molecule has 1 unspecified atom stereocenters. The standard InChI is InChI=1S/C21H24O4/c1-16(20-15-22-21(25-24-20)13-5-6-14-21)17-9-11-19(12-10-17)23-18-7-3-2-4-8-18/h2-4,7-12,16,20H,5-6,13-15H2,1H3/t16-,20?/m1/s1. The predicted octanol–water partition coefficient (Wildman–Crippen LogP) is 5.20. The molecule has 0 aromatic heterocycles. The van der Waals surface area contributed by atoms with Crippen LogP contribution in [0.25, 0.3) is 0 Å². The van der Waals surface area contributed by atoms with Crippen LogP contribution in [0.15, 0.2) is 54.6 Å². The molecule has 0 amide bonds. The van der Waals surface area contributed by atoms with Crippen molar-refractivity contribution in [1.82, 2.24) is 0 Å². The van der Waals surface area contributed by atoms with Crippen LogP contribution in [0.4, 0.5) is 0 Å². The number of rotatable bonds is 4. The molecule has 2 aliphatic rings. The van der Waals surface area contributed by atoms with Crippen molar-refractivity contribution in [3.8, 4) is 11.5 Å². The van der Waals surface area contributed by atoms with Gasteiger partial charge in [0.15, 0.2) is 0 Å². The lowest BCUT2D eigenvalue weighted by molar-refractivity contribution is -0.486. The van der Waals surface area contributed by atoms with Crippen LogP contribution >= 0.6 is 0 Å². The second kappa shape index (κ2) is 7.16. The topological polar surface area (TPSA) is 36.9 Å². The van der Waals surface area contributed by atoms with Crippen molar-refractivity contribution in [3.05, 3.63) is 60.2 Å². The third kappa shape index (κ3) is 3.71. The van der Waals surface area contributed by atoms with E-state index in [-0.39, 0.29) is 12.0 Å². The first kappa shape index (κ1) is 16.6. The molecule has 2 fully saturated rings. The van der Waals surface area contributed by atoms with Gasteiger partial charge in [0, 0.05) is 18.8 Å². The summed E-state index contributed by atoms with van der Waals surface area (Å²) < 4.78 is 11.9. The van der Waals surface area contributed by atoms with Gasteiger partial charge < -0.3 is 9.47 Å². The van der Waals surface area contributed by atoms with Gasteiger partial charge in [0.2, 0.25) is 5.79 Å². The summed E-state index contributed by atoms with van der Waals surface area (Å²) in [6, 6.07) is 17.9. The van der Waals surface area contributed by atoms with Gasteiger partial charge in [-0.25, -0.2) is 9.78 Å². The molecule has 1 saturated heterocycles. The molecule has 132 valence electrons. The van der Waals surface area contributed by atoms with Gasteiger partial charge >= 0.3 is 0 Å². The number of hydrogen-bond acceptors (Lipinski definition) is 4. The van der Waals surface area contributed by atoms with Gasteiger partial charge in [0.1, 0.15) is 17.6 Å². The summed E-state index contributed by atoms with van der Waals surface area (Å²) in [7, 11) is 0. The third-order valence-electron chi connectivity index (χ3n) is 5.14. The molecular weight excluding hydrogens is 316 g/mol. The Kier molecular flexibility index (Phi) is 4.75. The lowest BCUT2D eigenvalue weighted by Crippen LogP contribution is -2.44. The summed E-state index contributed by atoms with van der Waals surface area (Å²) in [5, 5.41) is 0. The molecule has 1 aliphatic heterocycles. The van der Waals surface area contributed by atoms with Crippen LogP contribution in [0.1, 0.15) is 44.1 Å². The summed E-state index contributed by atoms with van der Waals surface area (Å²) in [5.74, 6) is 1.36. The molecular formula is C21H24O4. The number of hydrogen-bond donors (Lipinski definition) is 0. The SMILES string of the molecule is C[C@H](c1ccc(Oc2ccccc2)cc1)C1COC2(CCCC2)OO1. The van der Waals surface area contributed by atoms with Crippen LogP contribution < -0.4 is 4.74 Å². The van der Waals surface area contributed by atoms with Gasteiger partial charge in [0.05, 0.1) is 6.61 Å². The van der Waals surface area contributed by atoms with Crippen LogP contribution in [0.5, 0.6) is 11.5 Å². The zero-order valence-electron chi connectivity index (χ0n) is 14.5. The molecule has 25 heavy (non-hydrogen) atoms. The Morgan fingerprint density at radius 3 is 2.28 bits per heavy atom. The largest absolute Gasteiger partial charge is 0.457 e. The van der Waals surface area contributed by atoms with Crippen LogP contribution in [0.3, 0.4) is 0 Å². The molecule has 1 saturated carbocycles. The number of ether oxygens (including phenoxy) is 2. The number of benzene rings is 2. The van der Waals surface area contributed by atoms with E-state index in [0.717, 1.165) is 37.2 Å². The first-order valence-corrected chi connectivity index (χ1v) is 9.05. The van der Waals surface area contributed by atoms with Gasteiger partial charge in [-0.2, -0.15) is 0 Å². The number of para-hydroxylation sites is 1. The summed E-state index contributed by atoms with van der Waals surface area (Å²) in [6.45, 7) is 2.71. The van der Waals surface area contributed by atoms with Crippen LogP contribution in [0.2, 0.25) is 0 Å². The zero-order valence-corrected chi connectivity index (χ0v) is 14.5. The van der Waals surface area contributed by atoms with Gasteiger partial charge in [-0.15, -0.1) is 0 Å². The lowest BCUT2D eigenvalue weighted by Gasteiger charge is -2.38. The maximum Gasteiger partial charge on any atom is 0.201 e. The highest BCUT2D eigenvalue weighted by molar-refractivity contribution is 5.34. The maximum absolute atomic E-state index is 6.01. The smallest absolute Gasteiger partial charge is 0.201 e. The summed E-state index contributed by atoms with van der Waals surface area (Å²) in [6.07, 6.45) is 4.06. The maximum atomic E-state index is 6.01. The van der Waals surface area contributed by atoms with E-state index in [1.165, 1.54) is 5.56 Å². The molecule has 4 heteroatoms. The summed E-state index contributed by atoms with van der Waals surface area (Å²) in [4.78, 5) is 11.3. The molecule has 0 N–H and O–H groups in total. The summed E-state index contributed by atoms with van der Waals surface area (Å²) >= 11 is 0. The van der Waals surface area contributed by atoms with Crippen molar-refractivity contribution in [2.75, 3.05) is 6.61 Å². The van der Waals surface area contributed by atoms with E-state index < -0.39 is 5.79 Å². The minimum atomic E-state index is -0.483. The van der Waals surface area contributed by atoms with E-state index in [1.54, 1.807) is 0 Å². The second-order valence-electron chi connectivity index (χ2n) is 6.92. The Morgan fingerprint density at radius 1 is 0.960 bits per heavy atom. The van der Waals surface area contributed by atoms with Crippen LogP contribution in [-0.4, -0.2) is 18.5 Å². The molecule has 4 rings (SSSR count). The minimum absolute atomic E-state index is 0.0906. The normalized spacial score (nSPS) is 23.5. The first-order valence-electron chi connectivity index (χ1n) is 9.05. The van der Waals surface area contributed by atoms with E-state index in [2.05, 4.69) is 19.1 Å². The third-order valence-corrected chi connectivity index (χ3v) is 5.14. The Morgan fingerprint density at radius 2 is 1.64 bits per heavy atom. The van der Waals surface area contributed by atoms with E-state index in [9.17, 15) is 0 Å². The van der Waals surface area contributed by atoms with E-state index in [4.69, 9.17) is 19.2 Å². The second-order valence-corrected chi connectivity index (χ2v) is 6.92. The highest BCUT2D eigenvalue weighted by Crippen LogP contribution is 2.39. The monoisotopic (exact) mass is 340 g/mol. The average molecular weight is 340 g/mol. The van der Waals surface area contributed by atoms with Crippen LogP contribution in [0, 0.1) is 0 Å². The average Bonchev–Trinajstić information content (AvgIpc) is 3.11. The Balaban J connectivity index is 1.37. The van der Waals surface area contributed by atoms with Gasteiger partial charge in [-0.3, -0.25) is 0 Å². The van der Waals surface area contributed by atoms with E-state index in [1.807, 2.05) is 42.5 Å². The molecule has 1 aliphatic carbocycles. The minimum Gasteiger partial charge on any atom is -0.457 e. The molecule has 1 spiro atoms. The fraction of sp³-hybridized carbons (Fsp3) is 0.429. The fourth-order valence-electron chi connectivity index (χ4n) is 3.48. The Hall–Kier alpha value is -1.88. The van der Waals surface area contributed by atoms with Crippen molar-refractivity contribution in [3.63, 3.8) is 0 Å². The predicted molar refractivity (Wildman–Crippen MR) is 94.5 cm³/mol.